The van der Waals surface area contributed by atoms with Gasteiger partial charge in [0.2, 0.25) is 0 Å². The number of nitrogens with zero attached hydrogens (tertiary/aromatic N) is 3. The number of halogens is 3. The van der Waals surface area contributed by atoms with Crippen LogP contribution in [0.25, 0.3) is 11.3 Å². The highest BCUT2D eigenvalue weighted by atomic mass is 32.1. The number of morpholine rings is 1. The SMILES string of the molecule is NC(=S)N(CCN1CCOCC1)/N=C/c1ccc(-c2cccc(C(F)(F)F)c2)o1. The van der Waals surface area contributed by atoms with Crippen LogP contribution in [-0.4, -0.2) is 60.6 Å². The molecule has 1 fully saturated rings. The van der Waals surface area contributed by atoms with E-state index >= 15 is 0 Å². The lowest BCUT2D eigenvalue weighted by Crippen LogP contribution is -2.42. The van der Waals surface area contributed by atoms with Gasteiger partial charge in [-0.15, -0.1) is 0 Å². The second-order valence-electron chi connectivity index (χ2n) is 6.44. The summed E-state index contributed by atoms with van der Waals surface area (Å²) in [4.78, 5) is 2.23. The summed E-state index contributed by atoms with van der Waals surface area (Å²) in [5, 5.41) is 5.86. The molecule has 0 bridgehead atoms. The third-order valence-electron chi connectivity index (χ3n) is 4.41. The second kappa shape index (κ2) is 9.38. The minimum Gasteiger partial charge on any atom is -0.455 e. The Kier molecular flexibility index (Phi) is 6.88. The van der Waals surface area contributed by atoms with E-state index in [0.717, 1.165) is 31.8 Å². The molecule has 1 aliphatic rings. The van der Waals surface area contributed by atoms with Crippen LogP contribution in [0.2, 0.25) is 0 Å². The summed E-state index contributed by atoms with van der Waals surface area (Å²) in [6.07, 6.45) is -2.97. The van der Waals surface area contributed by atoms with Gasteiger partial charge in [-0.3, -0.25) is 4.90 Å². The van der Waals surface area contributed by atoms with Gasteiger partial charge in [-0.1, -0.05) is 12.1 Å². The molecule has 1 aromatic carbocycles. The highest BCUT2D eigenvalue weighted by Gasteiger charge is 2.30. The number of nitrogens with two attached hydrogens (primary N) is 1. The van der Waals surface area contributed by atoms with Gasteiger partial charge < -0.3 is 14.9 Å². The molecule has 2 heterocycles. The van der Waals surface area contributed by atoms with Crippen LogP contribution in [0.1, 0.15) is 11.3 Å². The van der Waals surface area contributed by atoms with Crippen molar-refractivity contribution in [3.8, 4) is 11.3 Å². The third-order valence-corrected chi connectivity index (χ3v) is 4.62. The lowest BCUT2D eigenvalue weighted by molar-refractivity contribution is -0.137. The number of rotatable bonds is 6. The molecule has 29 heavy (non-hydrogen) atoms. The van der Waals surface area contributed by atoms with Crippen molar-refractivity contribution in [2.45, 2.75) is 6.18 Å². The van der Waals surface area contributed by atoms with Crippen LogP contribution in [0.3, 0.4) is 0 Å². The van der Waals surface area contributed by atoms with Crippen molar-refractivity contribution in [3.05, 3.63) is 47.7 Å². The number of hydrazone groups is 1. The van der Waals surface area contributed by atoms with Gasteiger partial charge in [0.25, 0.3) is 0 Å². The van der Waals surface area contributed by atoms with Gasteiger partial charge in [0.1, 0.15) is 11.5 Å². The minimum atomic E-state index is -4.41. The topological polar surface area (TPSA) is 67.2 Å². The summed E-state index contributed by atoms with van der Waals surface area (Å²) in [5.74, 6) is 0.692. The Morgan fingerprint density at radius 3 is 2.69 bits per heavy atom. The quantitative estimate of drug-likeness (QED) is 0.435. The lowest BCUT2D eigenvalue weighted by atomic mass is 10.1. The maximum absolute atomic E-state index is 12.9. The molecule has 1 saturated heterocycles. The molecular weight excluding hydrogens is 405 g/mol. The zero-order valence-electron chi connectivity index (χ0n) is 15.6. The van der Waals surface area contributed by atoms with E-state index in [2.05, 4.69) is 10.0 Å². The molecule has 6 nitrogen and oxygen atoms in total. The Bertz CT molecular complexity index is 863. The fourth-order valence-electron chi connectivity index (χ4n) is 2.84. The van der Waals surface area contributed by atoms with Crippen LogP contribution in [0.4, 0.5) is 13.2 Å². The molecule has 0 amide bonds. The largest absolute Gasteiger partial charge is 0.455 e. The average Bonchev–Trinajstić information content (AvgIpc) is 3.17. The molecule has 3 rings (SSSR count). The van der Waals surface area contributed by atoms with Crippen LogP contribution in [0.5, 0.6) is 0 Å². The summed E-state index contributed by atoms with van der Waals surface area (Å²) in [7, 11) is 0. The van der Waals surface area contributed by atoms with E-state index in [9.17, 15) is 13.2 Å². The Labute approximate surface area is 171 Å². The van der Waals surface area contributed by atoms with E-state index in [-0.39, 0.29) is 5.11 Å². The van der Waals surface area contributed by atoms with Gasteiger partial charge in [-0.05, 0) is 36.5 Å². The first-order valence-electron chi connectivity index (χ1n) is 9.01. The number of benzene rings is 1. The zero-order valence-corrected chi connectivity index (χ0v) is 16.4. The summed E-state index contributed by atoms with van der Waals surface area (Å²) < 4.78 is 49.6. The predicted molar refractivity (Wildman–Crippen MR) is 107 cm³/mol. The number of alkyl halides is 3. The molecule has 0 radical (unpaired) electrons. The second-order valence-corrected chi connectivity index (χ2v) is 6.86. The molecule has 10 heteroatoms. The molecule has 1 aromatic heterocycles. The van der Waals surface area contributed by atoms with E-state index in [0.29, 0.717) is 36.8 Å². The van der Waals surface area contributed by atoms with E-state index in [1.807, 2.05) is 0 Å². The first-order chi connectivity index (χ1) is 13.8. The maximum Gasteiger partial charge on any atom is 0.416 e. The Morgan fingerprint density at radius 1 is 1.24 bits per heavy atom. The lowest BCUT2D eigenvalue weighted by Gasteiger charge is -2.28. The smallest absolute Gasteiger partial charge is 0.416 e. The monoisotopic (exact) mass is 426 g/mol. The van der Waals surface area contributed by atoms with E-state index in [4.69, 9.17) is 27.1 Å². The van der Waals surface area contributed by atoms with Crippen molar-refractivity contribution in [1.82, 2.24) is 9.91 Å². The molecule has 0 saturated carbocycles. The van der Waals surface area contributed by atoms with Crippen LogP contribution >= 0.6 is 12.2 Å². The molecule has 2 aromatic rings. The molecule has 0 atom stereocenters. The summed E-state index contributed by atoms with van der Waals surface area (Å²) in [5.41, 5.74) is 5.33. The van der Waals surface area contributed by atoms with Crippen LogP contribution in [-0.2, 0) is 10.9 Å². The van der Waals surface area contributed by atoms with Crippen molar-refractivity contribution in [3.63, 3.8) is 0 Å². The van der Waals surface area contributed by atoms with Gasteiger partial charge in [0.05, 0.1) is 31.5 Å². The molecule has 1 aliphatic heterocycles. The fraction of sp³-hybridized carbons (Fsp3) is 0.368. The van der Waals surface area contributed by atoms with Crippen molar-refractivity contribution in [1.29, 1.82) is 0 Å². The van der Waals surface area contributed by atoms with E-state index in [1.54, 1.807) is 18.2 Å². The molecule has 0 spiro atoms. The number of hydrogen-bond acceptors (Lipinski definition) is 5. The van der Waals surface area contributed by atoms with Crippen LogP contribution in [0.15, 0.2) is 45.9 Å². The van der Waals surface area contributed by atoms with Crippen molar-refractivity contribution < 1.29 is 22.3 Å². The molecule has 0 unspecified atom stereocenters. The maximum atomic E-state index is 12.9. The van der Waals surface area contributed by atoms with Crippen molar-refractivity contribution in [2.75, 3.05) is 39.4 Å². The van der Waals surface area contributed by atoms with E-state index in [1.165, 1.54) is 17.3 Å². The van der Waals surface area contributed by atoms with Gasteiger partial charge in [0, 0.05) is 25.2 Å². The highest BCUT2D eigenvalue weighted by Crippen LogP contribution is 2.32. The molecule has 0 aliphatic carbocycles. The van der Waals surface area contributed by atoms with Gasteiger partial charge in [-0.2, -0.15) is 18.3 Å². The van der Waals surface area contributed by atoms with Crippen LogP contribution in [0, 0.1) is 0 Å². The first-order valence-corrected chi connectivity index (χ1v) is 9.42. The Morgan fingerprint density at radius 2 is 2.00 bits per heavy atom. The van der Waals surface area contributed by atoms with Gasteiger partial charge >= 0.3 is 6.18 Å². The summed E-state index contributed by atoms with van der Waals surface area (Å²) in [6, 6.07) is 8.18. The number of ether oxygens (including phenoxy) is 1. The molecular formula is C19H21F3N4O2S. The Hall–Kier alpha value is -2.43. The van der Waals surface area contributed by atoms with Gasteiger partial charge in [0.15, 0.2) is 5.11 Å². The standard InChI is InChI=1S/C19H21F3N4O2S/c20-19(21,22)15-3-1-2-14(12-15)17-5-4-16(28-17)13-24-26(18(23)29)7-6-25-8-10-27-11-9-25/h1-5,12-13H,6-11H2,(H2,23,29)/b24-13+. The zero-order chi connectivity index (χ0) is 20.9. The average molecular weight is 426 g/mol. The normalized spacial score (nSPS) is 15.7. The highest BCUT2D eigenvalue weighted by molar-refractivity contribution is 7.80. The van der Waals surface area contributed by atoms with Gasteiger partial charge in [-0.25, -0.2) is 5.01 Å². The molecule has 156 valence electrons. The third kappa shape index (κ3) is 6.02. The predicted octanol–water partition coefficient (Wildman–Crippen LogP) is 3.18. The first kappa shape index (κ1) is 21.3. The number of furan rings is 1. The number of thiocarbonyl (C=S) groups is 1. The van der Waals surface area contributed by atoms with Crippen molar-refractivity contribution in [2.24, 2.45) is 10.8 Å². The van der Waals surface area contributed by atoms with Crippen molar-refractivity contribution >= 4 is 23.5 Å². The fourth-order valence-corrected chi connectivity index (χ4v) is 2.98. The molecule has 2 N–H and O–H groups in total. The minimum absolute atomic E-state index is 0.124. The van der Waals surface area contributed by atoms with E-state index < -0.39 is 11.7 Å². The summed E-state index contributed by atoms with van der Waals surface area (Å²) >= 11 is 5.04. The number of hydrogen-bond donors (Lipinski definition) is 1. The van der Waals surface area contributed by atoms with Crippen LogP contribution < -0.4 is 5.73 Å². The summed E-state index contributed by atoms with van der Waals surface area (Å²) in [6.45, 7) is 4.31. The Balaban J connectivity index is 1.66.